The van der Waals surface area contributed by atoms with Gasteiger partial charge >= 0.3 is 0 Å². The number of hydrogen-bond donors (Lipinski definition) is 2. The van der Waals surface area contributed by atoms with Crippen LogP contribution in [-0.4, -0.2) is 15.1 Å². The van der Waals surface area contributed by atoms with Gasteiger partial charge in [-0.1, -0.05) is 12.1 Å². The molecule has 3 rings (SSSR count). The topological polar surface area (TPSA) is 58.0 Å². The summed E-state index contributed by atoms with van der Waals surface area (Å²) in [4.78, 5) is 8.65. The molecule has 4 nitrogen and oxygen atoms in total. The molecule has 0 saturated carbocycles. The summed E-state index contributed by atoms with van der Waals surface area (Å²) in [6.07, 6.45) is 1.45. The molecule has 0 radical (unpaired) electrons. The Morgan fingerprint density at radius 2 is 2.14 bits per heavy atom. The van der Waals surface area contributed by atoms with Gasteiger partial charge in [0.2, 0.25) is 0 Å². The second kappa shape index (κ2) is 5.93. The maximum atomic E-state index is 9.22. The van der Waals surface area contributed by atoms with Gasteiger partial charge in [0.25, 0.3) is 0 Å². The van der Waals surface area contributed by atoms with E-state index >= 15 is 0 Å². The van der Waals surface area contributed by atoms with Crippen molar-refractivity contribution >= 4 is 17.0 Å². The lowest BCUT2D eigenvalue weighted by Gasteiger charge is -2.07. The molecule has 0 bridgehead atoms. The standard InChI is InChI=1S/C16H15N3OS/c1-11-19-16(10-21-11)12-3-2-4-13(7-12)17-8-14-5-6-15(20)9-18-14/h2-7,9-10,17,20H,8H2,1H3. The van der Waals surface area contributed by atoms with E-state index in [2.05, 4.69) is 32.8 Å². The fourth-order valence-electron chi connectivity index (χ4n) is 2.00. The van der Waals surface area contributed by atoms with E-state index in [1.54, 1.807) is 23.5 Å². The van der Waals surface area contributed by atoms with Crippen molar-refractivity contribution in [3.8, 4) is 17.0 Å². The lowest BCUT2D eigenvalue weighted by Crippen LogP contribution is -2.01. The number of nitrogens with one attached hydrogen (secondary N) is 1. The number of aromatic nitrogens is 2. The van der Waals surface area contributed by atoms with E-state index in [0.717, 1.165) is 27.6 Å². The smallest absolute Gasteiger partial charge is 0.133 e. The van der Waals surface area contributed by atoms with Gasteiger partial charge in [0.1, 0.15) is 5.75 Å². The predicted molar refractivity (Wildman–Crippen MR) is 85.5 cm³/mol. The molecular formula is C16H15N3OS. The molecular weight excluding hydrogens is 282 g/mol. The quantitative estimate of drug-likeness (QED) is 0.768. The molecule has 0 aliphatic carbocycles. The Bertz CT molecular complexity index is 737. The zero-order valence-electron chi connectivity index (χ0n) is 11.6. The van der Waals surface area contributed by atoms with E-state index < -0.39 is 0 Å². The average Bonchev–Trinajstić information content (AvgIpc) is 2.94. The molecule has 2 aromatic heterocycles. The summed E-state index contributed by atoms with van der Waals surface area (Å²) < 4.78 is 0. The molecule has 0 unspecified atom stereocenters. The Kier molecular flexibility index (Phi) is 3.83. The third kappa shape index (κ3) is 3.38. The summed E-state index contributed by atoms with van der Waals surface area (Å²) in [7, 11) is 0. The van der Waals surface area contributed by atoms with Crippen LogP contribution < -0.4 is 5.32 Å². The number of thiazole rings is 1. The molecule has 5 heteroatoms. The highest BCUT2D eigenvalue weighted by Gasteiger charge is 2.03. The minimum atomic E-state index is 0.180. The summed E-state index contributed by atoms with van der Waals surface area (Å²) in [5, 5.41) is 15.7. The number of hydrogen-bond acceptors (Lipinski definition) is 5. The zero-order chi connectivity index (χ0) is 14.7. The summed E-state index contributed by atoms with van der Waals surface area (Å²) >= 11 is 1.65. The third-order valence-corrected chi connectivity index (χ3v) is 3.83. The molecule has 0 amide bonds. The second-order valence-corrected chi connectivity index (χ2v) is 5.76. The molecule has 0 atom stereocenters. The van der Waals surface area contributed by atoms with Gasteiger partial charge in [-0.25, -0.2) is 4.98 Å². The largest absolute Gasteiger partial charge is 0.506 e. The summed E-state index contributed by atoms with van der Waals surface area (Å²) in [5.74, 6) is 0.180. The van der Waals surface area contributed by atoms with Gasteiger partial charge in [-0.2, -0.15) is 0 Å². The second-order valence-electron chi connectivity index (χ2n) is 4.69. The van der Waals surface area contributed by atoms with E-state index in [4.69, 9.17) is 0 Å². The molecule has 0 fully saturated rings. The normalized spacial score (nSPS) is 10.5. The van der Waals surface area contributed by atoms with E-state index in [-0.39, 0.29) is 5.75 Å². The molecule has 0 aliphatic heterocycles. The van der Waals surface area contributed by atoms with Crippen molar-refractivity contribution in [1.29, 1.82) is 0 Å². The molecule has 106 valence electrons. The minimum absolute atomic E-state index is 0.180. The fraction of sp³-hybridized carbons (Fsp3) is 0.125. The highest BCUT2D eigenvalue weighted by atomic mass is 32.1. The van der Waals surface area contributed by atoms with Crippen molar-refractivity contribution < 1.29 is 5.11 Å². The predicted octanol–water partition coefficient (Wildman–Crippen LogP) is 3.83. The molecule has 0 spiro atoms. The Morgan fingerprint density at radius 3 is 2.86 bits per heavy atom. The molecule has 0 saturated heterocycles. The van der Waals surface area contributed by atoms with Crippen LogP contribution in [0.25, 0.3) is 11.3 Å². The number of pyridine rings is 1. The summed E-state index contributed by atoms with van der Waals surface area (Å²) in [6.45, 7) is 2.62. The molecule has 2 heterocycles. The third-order valence-electron chi connectivity index (χ3n) is 3.06. The van der Waals surface area contributed by atoms with Gasteiger partial charge < -0.3 is 10.4 Å². The van der Waals surface area contributed by atoms with Crippen molar-refractivity contribution in [2.75, 3.05) is 5.32 Å². The highest BCUT2D eigenvalue weighted by molar-refractivity contribution is 7.09. The van der Waals surface area contributed by atoms with Crippen LogP contribution in [0, 0.1) is 6.92 Å². The number of benzene rings is 1. The van der Waals surface area contributed by atoms with Crippen LogP contribution in [0.15, 0.2) is 48.0 Å². The Labute approximate surface area is 127 Å². The first-order valence-electron chi connectivity index (χ1n) is 6.61. The number of rotatable bonds is 4. The first kappa shape index (κ1) is 13.6. The van der Waals surface area contributed by atoms with Crippen LogP contribution in [0.3, 0.4) is 0 Å². The fourth-order valence-corrected chi connectivity index (χ4v) is 2.62. The van der Waals surface area contributed by atoms with Gasteiger partial charge in [0.05, 0.1) is 29.1 Å². The zero-order valence-corrected chi connectivity index (χ0v) is 12.4. The maximum absolute atomic E-state index is 9.22. The molecule has 2 N–H and O–H groups in total. The van der Waals surface area contributed by atoms with E-state index in [9.17, 15) is 5.11 Å². The van der Waals surface area contributed by atoms with Crippen LogP contribution in [0.4, 0.5) is 5.69 Å². The lowest BCUT2D eigenvalue weighted by molar-refractivity contribution is 0.472. The number of anilines is 1. The van der Waals surface area contributed by atoms with Crippen LogP contribution in [-0.2, 0) is 6.54 Å². The average molecular weight is 297 g/mol. The summed E-state index contributed by atoms with van der Waals surface area (Å²) in [5.41, 5.74) is 4.00. The Balaban J connectivity index is 1.73. The van der Waals surface area contributed by atoms with Gasteiger partial charge in [-0.15, -0.1) is 11.3 Å². The first-order valence-corrected chi connectivity index (χ1v) is 7.49. The van der Waals surface area contributed by atoms with Crippen LogP contribution >= 0.6 is 11.3 Å². The van der Waals surface area contributed by atoms with Crippen LogP contribution in [0.1, 0.15) is 10.7 Å². The van der Waals surface area contributed by atoms with Crippen molar-refractivity contribution in [1.82, 2.24) is 9.97 Å². The van der Waals surface area contributed by atoms with Gasteiger partial charge in [-0.05, 0) is 31.2 Å². The Morgan fingerprint density at radius 1 is 1.24 bits per heavy atom. The van der Waals surface area contributed by atoms with Crippen molar-refractivity contribution in [3.05, 3.63) is 58.7 Å². The first-order chi connectivity index (χ1) is 10.2. The maximum Gasteiger partial charge on any atom is 0.133 e. The number of aromatic hydroxyl groups is 1. The molecule has 3 aromatic rings. The van der Waals surface area contributed by atoms with E-state index in [1.807, 2.05) is 19.1 Å². The molecule has 0 aliphatic rings. The number of aryl methyl sites for hydroxylation is 1. The van der Waals surface area contributed by atoms with Crippen molar-refractivity contribution in [3.63, 3.8) is 0 Å². The van der Waals surface area contributed by atoms with Gasteiger partial charge in [-0.3, -0.25) is 4.98 Å². The molecule has 1 aromatic carbocycles. The molecule has 21 heavy (non-hydrogen) atoms. The lowest BCUT2D eigenvalue weighted by atomic mass is 10.1. The monoisotopic (exact) mass is 297 g/mol. The van der Waals surface area contributed by atoms with E-state index in [0.29, 0.717) is 6.54 Å². The van der Waals surface area contributed by atoms with E-state index in [1.165, 1.54) is 6.20 Å². The van der Waals surface area contributed by atoms with Crippen molar-refractivity contribution in [2.45, 2.75) is 13.5 Å². The summed E-state index contributed by atoms with van der Waals surface area (Å²) in [6, 6.07) is 11.6. The highest BCUT2D eigenvalue weighted by Crippen LogP contribution is 2.24. The van der Waals surface area contributed by atoms with Crippen LogP contribution in [0.5, 0.6) is 5.75 Å². The van der Waals surface area contributed by atoms with Crippen molar-refractivity contribution in [2.24, 2.45) is 0 Å². The minimum Gasteiger partial charge on any atom is -0.506 e. The van der Waals surface area contributed by atoms with Gasteiger partial charge in [0.15, 0.2) is 0 Å². The Hall–Kier alpha value is -2.40. The van der Waals surface area contributed by atoms with Crippen LogP contribution in [0.2, 0.25) is 0 Å². The SMILES string of the molecule is Cc1nc(-c2cccc(NCc3ccc(O)cn3)c2)cs1. The number of nitrogens with zero attached hydrogens (tertiary/aromatic N) is 2. The van der Waals surface area contributed by atoms with Gasteiger partial charge in [0, 0.05) is 16.6 Å².